The Morgan fingerprint density at radius 1 is 1.07 bits per heavy atom. The van der Waals surface area contributed by atoms with E-state index in [9.17, 15) is 21.6 Å². The molecule has 3 rings (SSSR count). The molecular formula is C20H24N2O5S2. The van der Waals surface area contributed by atoms with Crippen LogP contribution in [0.2, 0.25) is 0 Å². The molecule has 1 fully saturated rings. The molecule has 7 nitrogen and oxygen atoms in total. The first-order valence-corrected chi connectivity index (χ1v) is 12.5. The second-order valence-corrected chi connectivity index (χ2v) is 10.5. The standard InChI is InChI=1S/C20H24N2O5S2/c1-4-15-7-6-8-16(5-2)20(15)21-29(26,27)18-10-9-17(13-14(18)3)22-19(23)11-12-28(22,24)25/h6-10,13,21H,4-5,11-12H2,1-3H3. The second kappa shape index (κ2) is 7.79. The molecule has 29 heavy (non-hydrogen) atoms. The molecule has 9 heteroatoms. The van der Waals surface area contributed by atoms with Crippen molar-refractivity contribution in [3.8, 4) is 0 Å². The van der Waals surface area contributed by atoms with Gasteiger partial charge in [0.2, 0.25) is 15.9 Å². The number of hydrogen-bond donors (Lipinski definition) is 1. The van der Waals surface area contributed by atoms with Gasteiger partial charge in [0.25, 0.3) is 10.0 Å². The molecule has 156 valence electrons. The second-order valence-electron chi connectivity index (χ2n) is 6.94. The topological polar surface area (TPSA) is 101 Å². The molecular weight excluding hydrogens is 412 g/mol. The van der Waals surface area contributed by atoms with Crippen LogP contribution in [-0.4, -0.2) is 28.5 Å². The van der Waals surface area contributed by atoms with Crippen molar-refractivity contribution in [3.63, 3.8) is 0 Å². The third-order valence-electron chi connectivity index (χ3n) is 5.00. The fourth-order valence-electron chi connectivity index (χ4n) is 3.49. The minimum absolute atomic E-state index is 0.0400. The summed E-state index contributed by atoms with van der Waals surface area (Å²) in [6, 6.07) is 9.79. The van der Waals surface area contributed by atoms with E-state index in [1.807, 2.05) is 32.0 Å². The number of sulfonamides is 2. The molecule has 2 aromatic rings. The summed E-state index contributed by atoms with van der Waals surface area (Å²) in [6.07, 6.45) is 1.29. The van der Waals surface area contributed by atoms with Gasteiger partial charge in [-0.1, -0.05) is 32.0 Å². The summed E-state index contributed by atoms with van der Waals surface area (Å²) >= 11 is 0. The molecule has 0 unspecified atom stereocenters. The van der Waals surface area contributed by atoms with E-state index in [1.165, 1.54) is 18.2 Å². The number of rotatable bonds is 6. The van der Waals surface area contributed by atoms with Gasteiger partial charge in [-0.05, 0) is 54.7 Å². The van der Waals surface area contributed by atoms with E-state index in [0.29, 0.717) is 24.1 Å². The molecule has 1 aliphatic rings. The third kappa shape index (κ3) is 4.02. The summed E-state index contributed by atoms with van der Waals surface area (Å²) in [4.78, 5) is 12.0. The van der Waals surface area contributed by atoms with E-state index in [2.05, 4.69) is 4.72 Å². The molecule has 0 atom stereocenters. The van der Waals surface area contributed by atoms with Gasteiger partial charge in [-0.2, -0.15) is 0 Å². The van der Waals surface area contributed by atoms with Crippen LogP contribution < -0.4 is 9.03 Å². The molecule has 1 aliphatic heterocycles. The van der Waals surface area contributed by atoms with Crippen LogP contribution in [0.1, 0.15) is 37.0 Å². The quantitative estimate of drug-likeness (QED) is 0.750. The van der Waals surface area contributed by atoms with Crippen LogP contribution in [0.25, 0.3) is 0 Å². The van der Waals surface area contributed by atoms with Crippen molar-refractivity contribution in [1.82, 2.24) is 0 Å². The summed E-state index contributed by atoms with van der Waals surface area (Å²) in [5, 5.41) is 0. The largest absolute Gasteiger partial charge is 0.279 e. The zero-order valence-electron chi connectivity index (χ0n) is 16.6. The van der Waals surface area contributed by atoms with Crippen LogP contribution >= 0.6 is 0 Å². The minimum atomic E-state index is -3.89. The molecule has 0 radical (unpaired) electrons. The number of hydrogen-bond acceptors (Lipinski definition) is 5. The average molecular weight is 437 g/mol. The van der Waals surface area contributed by atoms with E-state index < -0.39 is 26.0 Å². The van der Waals surface area contributed by atoms with Crippen LogP contribution in [0.5, 0.6) is 0 Å². The summed E-state index contributed by atoms with van der Waals surface area (Å²) in [6.45, 7) is 5.50. The summed E-state index contributed by atoms with van der Waals surface area (Å²) in [5.41, 5.74) is 2.90. The lowest BCUT2D eigenvalue weighted by Crippen LogP contribution is -2.29. The molecule has 1 amide bonds. The number of carbonyl (C=O) groups excluding carboxylic acids is 1. The highest BCUT2D eigenvalue weighted by Crippen LogP contribution is 2.31. The Balaban J connectivity index is 2.00. The molecule has 2 aromatic carbocycles. The fourth-order valence-corrected chi connectivity index (χ4v) is 6.32. The third-order valence-corrected chi connectivity index (χ3v) is 8.20. The summed E-state index contributed by atoms with van der Waals surface area (Å²) < 4.78 is 53.8. The van der Waals surface area contributed by atoms with Gasteiger partial charge in [-0.15, -0.1) is 0 Å². The first kappa shape index (κ1) is 21.3. The molecule has 1 heterocycles. The Morgan fingerprint density at radius 3 is 2.17 bits per heavy atom. The predicted octanol–water partition coefficient (Wildman–Crippen LogP) is 2.99. The maximum atomic E-state index is 13.1. The van der Waals surface area contributed by atoms with Gasteiger partial charge in [-0.3, -0.25) is 9.52 Å². The van der Waals surface area contributed by atoms with Crippen LogP contribution in [0.3, 0.4) is 0 Å². The van der Waals surface area contributed by atoms with Gasteiger partial charge in [-0.25, -0.2) is 21.1 Å². The van der Waals surface area contributed by atoms with Crippen molar-refractivity contribution >= 4 is 37.3 Å². The van der Waals surface area contributed by atoms with Crippen molar-refractivity contribution < 1.29 is 21.6 Å². The first-order valence-electron chi connectivity index (χ1n) is 9.40. The minimum Gasteiger partial charge on any atom is -0.279 e. The zero-order valence-corrected chi connectivity index (χ0v) is 18.2. The number of aryl methyl sites for hydroxylation is 3. The first-order chi connectivity index (χ1) is 13.6. The lowest BCUT2D eigenvalue weighted by Gasteiger charge is -2.19. The Kier molecular flexibility index (Phi) is 5.73. The van der Waals surface area contributed by atoms with Crippen molar-refractivity contribution in [2.45, 2.75) is 44.9 Å². The fraction of sp³-hybridized carbons (Fsp3) is 0.350. The molecule has 0 saturated carbocycles. The van der Waals surface area contributed by atoms with E-state index in [-0.39, 0.29) is 22.8 Å². The van der Waals surface area contributed by atoms with Gasteiger partial charge in [0.15, 0.2) is 0 Å². The number of anilines is 2. The van der Waals surface area contributed by atoms with Crippen molar-refractivity contribution in [2.75, 3.05) is 14.8 Å². The Hall–Kier alpha value is -2.39. The molecule has 0 spiro atoms. The van der Waals surface area contributed by atoms with Gasteiger partial charge < -0.3 is 0 Å². The van der Waals surface area contributed by atoms with Gasteiger partial charge in [0, 0.05) is 6.42 Å². The number of nitrogens with one attached hydrogen (secondary N) is 1. The van der Waals surface area contributed by atoms with Gasteiger partial charge in [0.05, 0.1) is 22.0 Å². The average Bonchev–Trinajstić information content (AvgIpc) is 2.93. The van der Waals surface area contributed by atoms with E-state index in [4.69, 9.17) is 0 Å². The monoisotopic (exact) mass is 436 g/mol. The van der Waals surface area contributed by atoms with Crippen LogP contribution in [0, 0.1) is 6.92 Å². The van der Waals surface area contributed by atoms with Crippen LogP contribution in [-0.2, 0) is 37.7 Å². The number of carbonyl (C=O) groups is 1. The van der Waals surface area contributed by atoms with Crippen molar-refractivity contribution in [3.05, 3.63) is 53.1 Å². The summed E-state index contributed by atoms with van der Waals surface area (Å²) in [7, 11) is -7.60. The van der Waals surface area contributed by atoms with Crippen LogP contribution in [0.15, 0.2) is 41.3 Å². The molecule has 0 aliphatic carbocycles. The maximum absolute atomic E-state index is 13.1. The highest BCUT2D eigenvalue weighted by Gasteiger charge is 2.36. The number of nitrogens with zero attached hydrogens (tertiary/aromatic N) is 1. The normalized spacial score (nSPS) is 16.2. The zero-order chi connectivity index (χ0) is 21.4. The summed E-state index contributed by atoms with van der Waals surface area (Å²) in [5.74, 6) is -0.748. The van der Waals surface area contributed by atoms with E-state index >= 15 is 0 Å². The molecule has 0 bridgehead atoms. The molecule has 1 N–H and O–H groups in total. The lowest BCUT2D eigenvalue weighted by atomic mass is 10.0. The number of para-hydroxylation sites is 1. The van der Waals surface area contributed by atoms with Crippen molar-refractivity contribution in [2.24, 2.45) is 0 Å². The van der Waals surface area contributed by atoms with E-state index in [0.717, 1.165) is 15.4 Å². The molecule has 0 aromatic heterocycles. The smallest absolute Gasteiger partial charge is 0.262 e. The number of benzene rings is 2. The number of amides is 1. The van der Waals surface area contributed by atoms with Crippen molar-refractivity contribution in [1.29, 1.82) is 0 Å². The SMILES string of the molecule is CCc1cccc(CC)c1NS(=O)(=O)c1ccc(N2C(=O)CCS2(=O)=O)cc1C. The predicted molar refractivity (Wildman–Crippen MR) is 113 cm³/mol. The van der Waals surface area contributed by atoms with E-state index in [1.54, 1.807) is 6.92 Å². The Bertz CT molecular complexity index is 1150. The van der Waals surface area contributed by atoms with Crippen LogP contribution in [0.4, 0.5) is 11.4 Å². The Labute approximate surface area is 171 Å². The maximum Gasteiger partial charge on any atom is 0.262 e. The van der Waals surface area contributed by atoms with Gasteiger partial charge in [0.1, 0.15) is 0 Å². The Morgan fingerprint density at radius 2 is 1.69 bits per heavy atom. The highest BCUT2D eigenvalue weighted by molar-refractivity contribution is 7.94. The highest BCUT2D eigenvalue weighted by atomic mass is 32.2. The van der Waals surface area contributed by atoms with Gasteiger partial charge >= 0.3 is 0 Å². The lowest BCUT2D eigenvalue weighted by molar-refractivity contribution is -0.116. The molecule has 1 saturated heterocycles.